The van der Waals surface area contributed by atoms with Gasteiger partial charge < -0.3 is 10.6 Å². The highest BCUT2D eigenvalue weighted by Crippen LogP contribution is 2.34. The Morgan fingerprint density at radius 2 is 1.96 bits per heavy atom. The fourth-order valence-electron chi connectivity index (χ4n) is 3.74. The van der Waals surface area contributed by atoms with Crippen LogP contribution < -0.4 is 10.6 Å². The third-order valence-corrected chi connectivity index (χ3v) is 6.18. The van der Waals surface area contributed by atoms with Crippen LogP contribution in [0.25, 0.3) is 10.1 Å². The number of halogens is 1. The fourth-order valence-corrected chi connectivity index (χ4v) is 4.93. The van der Waals surface area contributed by atoms with Crippen molar-refractivity contribution in [2.45, 2.75) is 57.2 Å². The predicted octanol–water partition coefficient (Wildman–Crippen LogP) is 3.79. The van der Waals surface area contributed by atoms with E-state index in [0.29, 0.717) is 6.04 Å². The largest absolute Gasteiger partial charge is 0.352 e. The van der Waals surface area contributed by atoms with Crippen molar-refractivity contribution in [2.75, 3.05) is 0 Å². The summed E-state index contributed by atoms with van der Waals surface area (Å²) in [6.07, 6.45) is 6.93. The van der Waals surface area contributed by atoms with Gasteiger partial charge in [-0.15, -0.1) is 23.7 Å². The van der Waals surface area contributed by atoms with Crippen molar-refractivity contribution in [3.05, 3.63) is 34.7 Å². The number of nitrogens with one attached hydrogen (secondary N) is 2. The molecule has 2 aliphatic rings. The zero-order chi connectivity index (χ0) is 14.9. The minimum absolute atomic E-state index is 0. The van der Waals surface area contributed by atoms with Crippen LogP contribution in [0.3, 0.4) is 0 Å². The zero-order valence-corrected chi connectivity index (χ0v) is 14.8. The van der Waals surface area contributed by atoms with Gasteiger partial charge in [0.25, 0.3) is 0 Å². The van der Waals surface area contributed by atoms with Gasteiger partial charge in [-0.3, -0.25) is 4.79 Å². The number of carbonyl (C=O) groups is 1. The first-order chi connectivity index (χ1) is 10.8. The molecule has 1 aliphatic heterocycles. The van der Waals surface area contributed by atoms with Crippen LogP contribution in [-0.4, -0.2) is 18.0 Å². The molecule has 23 heavy (non-hydrogen) atoms. The third-order valence-electron chi connectivity index (χ3n) is 4.97. The van der Waals surface area contributed by atoms with Crippen LogP contribution in [0.1, 0.15) is 42.5 Å². The van der Waals surface area contributed by atoms with Gasteiger partial charge in [-0.05, 0) is 36.3 Å². The molecule has 1 atom stereocenters. The lowest BCUT2D eigenvalue weighted by atomic mass is 9.94. The highest BCUT2D eigenvalue weighted by molar-refractivity contribution is 7.19. The Labute approximate surface area is 147 Å². The number of fused-ring (bicyclic) bond motifs is 3. The number of benzene rings is 1. The molecule has 124 valence electrons. The van der Waals surface area contributed by atoms with Crippen molar-refractivity contribution in [3.8, 4) is 0 Å². The van der Waals surface area contributed by atoms with Gasteiger partial charge in [-0.2, -0.15) is 0 Å². The topological polar surface area (TPSA) is 41.1 Å². The normalized spacial score (nSPS) is 21.5. The van der Waals surface area contributed by atoms with E-state index in [1.165, 1.54) is 39.8 Å². The van der Waals surface area contributed by atoms with Crippen molar-refractivity contribution in [2.24, 2.45) is 0 Å². The Balaban J connectivity index is 0.00000156. The molecule has 1 unspecified atom stereocenters. The molecule has 5 heteroatoms. The summed E-state index contributed by atoms with van der Waals surface area (Å²) in [4.78, 5) is 14.0. The van der Waals surface area contributed by atoms with E-state index in [4.69, 9.17) is 0 Å². The molecule has 1 saturated carbocycles. The zero-order valence-electron chi connectivity index (χ0n) is 13.1. The molecule has 0 saturated heterocycles. The van der Waals surface area contributed by atoms with Crippen LogP contribution in [0.15, 0.2) is 24.3 Å². The molecular weight excluding hydrogens is 328 g/mol. The van der Waals surface area contributed by atoms with Gasteiger partial charge in [0.05, 0.1) is 6.04 Å². The predicted molar refractivity (Wildman–Crippen MR) is 98.4 cm³/mol. The molecule has 1 aromatic heterocycles. The average molecular weight is 351 g/mol. The van der Waals surface area contributed by atoms with Gasteiger partial charge in [0.2, 0.25) is 5.91 Å². The van der Waals surface area contributed by atoms with E-state index < -0.39 is 0 Å². The van der Waals surface area contributed by atoms with Crippen molar-refractivity contribution < 1.29 is 4.79 Å². The Kier molecular flexibility index (Phi) is 5.24. The molecule has 1 aromatic carbocycles. The SMILES string of the molecule is Cl.O=C(NC1CCCCC1)C1Cc2c(sc3ccccc23)CN1. The molecule has 3 nitrogen and oxygen atoms in total. The summed E-state index contributed by atoms with van der Waals surface area (Å²) >= 11 is 1.85. The molecular formula is C18H23ClN2OS. The maximum absolute atomic E-state index is 12.6. The maximum Gasteiger partial charge on any atom is 0.237 e. The van der Waals surface area contributed by atoms with E-state index in [2.05, 4.69) is 34.9 Å². The summed E-state index contributed by atoms with van der Waals surface area (Å²) < 4.78 is 1.34. The Hall–Kier alpha value is -1.10. The Morgan fingerprint density at radius 3 is 2.78 bits per heavy atom. The van der Waals surface area contributed by atoms with Gasteiger partial charge in [-0.1, -0.05) is 37.5 Å². The summed E-state index contributed by atoms with van der Waals surface area (Å²) in [5, 5.41) is 8.02. The lowest BCUT2D eigenvalue weighted by Gasteiger charge is -2.28. The molecule has 1 amide bonds. The first-order valence-corrected chi connectivity index (χ1v) is 9.16. The number of rotatable bonds is 2. The first kappa shape index (κ1) is 16.7. The molecule has 2 N–H and O–H groups in total. The minimum atomic E-state index is -0.0765. The van der Waals surface area contributed by atoms with E-state index in [1.807, 2.05) is 11.3 Å². The number of amides is 1. The molecule has 2 heterocycles. The Bertz CT molecular complexity index is 693. The molecule has 4 rings (SSSR count). The van der Waals surface area contributed by atoms with E-state index in [9.17, 15) is 4.79 Å². The molecule has 1 fully saturated rings. The quantitative estimate of drug-likeness (QED) is 0.865. The number of carbonyl (C=O) groups excluding carboxylic acids is 1. The van der Waals surface area contributed by atoms with Gasteiger partial charge in [0.1, 0.15) is 0 Å². The number of hydrogen-bond donors (Lipinski definition) is 2. The van der Waals surface area contributed by atoms with Crippen LogP contribution in [0, 0.1) is 0 Å². The second kappa shape index (κ2) is 7.20. The highest BCUT2D eigenvalue weighted by atomic mass is 35.5. The van der Waals surface area contributed by atoms with Crippen molar-refractivity contribution in [3.63, 3.8) is 0 Å². The van der Waals surface area contributed by atoms with Crippen molar-refractivity contribution >= 4 is 39.7 Å². The average Bonchev–Trinajstić information content (AvgIpc) is 2.93. The second-order valence-corrected chi connectivity index (χ2v) is 7.62. The molecule has 0 spiro atoms. The van der Waals surface area contributed by atoms with E-state index >= 15 is 0 Å². The van der Waals surface area contributed by atoms with Crippen molar-refractivity contribution in [1.29, 1.82) is 0 Å². The number of thiophene rings is 1. The standard InChI is InChI=1S/C18H22N2OS.ClH/c21-18(20-12-6-2-1-3-7-12)15-10-14-13-8-4-5-9-16(13)22-17(14)11-19-15;/h4-5,8-9,12,15,19H,1-3,6-7,10-11H2,(H,20,21);1H. The molecule has 1 aliphatic carbocycles. The molecule has 0 bridgehead atoms. The summed E-state index contributed by atoms with van der Waals surface area (Å²) in [6.45, 7) is 0.817. The lowest BCUT2D eigenvalue weighted by Crippen LogP contribution is -2.50. The van der Waals surface area contributed by atoms with E-state index in [0.717, 1.165) is 25.8 Å². The van der Waals surface area contributed by atoms with Gasteiger partial charge in [0, 0.05) is 22.2 Å². The van der Waals surface area contributed by atoms with Crippen molar-refractivity contribution in [1.82, 2.24) is 10.6 Å². The van der Waals surface area contributed by atoms with Crippen LogP contribution in [0.2, 0.25) is 0 Å². The van der Waals surface area contributed by atoms with Crippen LogP contribution in [0.5, 0.6) is 0 Å². The van der Waals surface area contributed by atoms with Crippen LogP contribution in [-0.2, 0) is 17.8 Å². The van der Waals surface area contributed by atoms with Crippen LogP contribution in [0.4, 0.5) is 0 Å². The summed E-state index contributed by atoms with van der Waals surface area (Å²) in [5.74, 6) is 0.188. The number of hydrogen-bond acceptors (Lipinski definition) is 3. The third kappa shape index (κ3) is 3.39. The van der Waals surface area contributed by atoms with Gasteiger partial charge in [-0.25, -0.2) is 0 Å². The Morgan fingerprint density at radius 1 is 1.17 bits per heavy atom. The smallest absolute Gasteiger partial charge is 0.237 e. The highest BCUT2D eigenvalue weighted by Gasteiger charge is 2.28. The summed E-state index contributed by atoms with van der Waals surface area (Å²) in [7, 11) is 0. The van der Waals surface area contributed by atoms with E-state index in [1.54, 1.807) is 0 Å². The monoisotopic (exact) mass is 350 g/mol. The minimum Gasteiger partial charge on any atom is -0.352 e. The first-order valence-electron chi connectivity index (χ1n) is 8.34. The van der Waals surface area contributed by atoms with Crippen LogP contribution >= 0.6 is 23.7 Å². The maximum atomic E-state index is 12.6. The summed E-state index contributed by atoms with van der Waals surface area (Å²) in [6, 6.07) is 8.86. The summed E-state index contributed by atoms with van der Waals surface area (Å²) in [5.41, 5.74) is 1.38. The second-order valence-electron chi connectivity index (χ2n) is 6.48. The van der Waals surface area contributed by atoms with Gasteiger partial charge in [0.15, 0.2) is 0 Å². The lowest BCUT2D eigenvalue weighted by molar-refractivity contribution is -0.124. The fraction of sp³-hybridized carbons (Fsp3) is 0.500. The molecule has 2 aromatic rings. The molecule has 0 radical (unpaired) electrons. The van der Waals surface area contributed by atoms with Gasteiger partial charge >= 0.3 is 0 Å². The van der Waals surface area contributed by atoms with E-state index in [-0.39, 0.29) is 24.4 Å².